The van der Waals surface area contributed by atoms with Crippen LogP contribution in [0.3, 0.4) is 0 Å². The van der Waals surface area contributed by atoms with Crippen LogP contribution in [0.2, 0.25) is 0 Å². The summed E-state index contributed by atoms with van der Waals surface area (Å²) in [7, 11) is 1.67. The smallest absolute Gasteiger partial charge is 0.267 e. The van der Waals surface area contributed by atoms with E-state index in [1.807, 2.05) is 49.7 Å². The minimum atomic E-state index is -0.167. The quantitative estimate of drug-likeness (QED) is 0.644. The second-order valence-corrected chi connectivity index (χ2v) is 7.29. The van der Waals surface area contributed by atoms with Gasteiger partial charge in [0.05, 0.1) is 19.3 Å². The Bertz CT molecular complexity index is 927. The molecule has 2 aromatic heterocycles. The van der Waals surface area contributed by atoms with Crippen molar-refractivity contribution in [1.29, 1.82) is 0 Å². The number of benzene rings is 1. The predicted molar refractivity (Wildman–Crippen MR) is 108 cm³/mol. The minimum absolute atomic E-state index is 0.167. The third-order valence-electron chi connectivity index (χ3n) is 4.17. The van der Waals surface area contributed by atoms with Gasteiger partial charge in [0.15, 0.2) is 10.9 Å². The largest absolute Gasteiger partial charge is 0.383 e. The molecule has 0 saturated heterocycles. The van der Waals surface area contributed by atoms with Crippen molar-refractivity contribution in [3.8, 4) is 0 Å². The summed E-state index contributed by atoms with van der Waals surface area (Å²) in [6.45, 7) is 7.22. The van der Waals surface area contributed by atoms with Gasteiger partial charge < -0.3 is 15.4 Å². The highest BCUT2D eigenvalue weighted by molar-refractivity contribution is 7.17. The number of nitrogens with one attached hydrogen (secondary N) is 2. The van der Waals surface area contributed by atoms with Gasteiger partial charge in [-0.25, -0.2) is 4.98 Å². The molecule has 7 nitrogen and oxygen atoms in total. The molecule has 0 saturated carbocycles. The van der Waals surface area contributed by atoms with Crippen LogP contribution in [0.5, 0.6) is 0 Å². The van der Waals surface area contributed by atoms with E-state index in [2.05, 4.69) is 20.7 Å². The van der Waals surface area contributed by atoms with Crippen LogP contribution in [0.4, 0.5) is 16.6 Å². The first-order chi connectivity index (χ1) is 13.0. The summed E-state index contributed by atoms with van der Waals surface area (Å²) in [5.74, 6) is 0.527. The van der Waals surface area contributed by atoms with Crippen LogP contribution in [0.15, 0.2) is 30.5 Å². The average molecular weight is 385 g/mol. The maximum Gasteiger partial charge on any atom is 0.267 e. The highest BCUT2D eigenvalue weighted by Crippen LogP contribution is 2.25. The average Bonchev–Trinajstić information content (AvgIpc) is 3.23. The highest BCUT2D eigenvalue weighted by Gasteiger charge is 2.14. The Morgan fingerprint density at radius 2 is 2.00 bits per heavy atom. The van der Waals surface area contributed by atoms with Crippen LogP contribution in [0.25, 0.3) is 0 Å². The van der Waals surface area contributed by atoms with E-state index in [-0.39, 0.29) is 5.91 Å². The van der Waals surface area contributed by atoms with E-state index < -0.39 is 0 Å². The number of hydrogen-bond donors (Lipinski definition) is 2. The second kappa shape index (κ2) is 8.32. The molecule has 0 radical (unpaired) electrons. The maximum absolute atomic E-state index is 12.6. The second-order valence-electron chi connectivity index (χ2n) is 6.26. The van der Waals surface area contributed by atoms with Gasteiger partial charge in [0.1, 0.15) is 4.88 Å². The molecule has 1 amide bonds. The molecule has 0 atom stereocenters. The Hall–Kier alpha value is -2.71. The Morgan fingerprint density at radius 1 is 1.26 bits per heavy atom. The Morgan fingerprint density at radius 3 is 2.70 bits per heavy atom. The Labute approximate surface area is 162 Å². The van der Waals surface area contributed by atoms with Crippen LogP contribution in [0, 0.1) is 20.8 Å². The summed E-state index contributed by atoms with van der Waals surface area (Å²) in [4.78, 5) is 17.4. The molecule has 0 bridgehead atoms. The molecule has 0 aliphatic rings. The first-order valence-corrected chi connectivity index (χ1v) is 9.43. The molecule has 0 aliphatic heterocycles. The van der Waals surface area contributed by atoms with Crippen LogP contribution in [-0.4, -0.2) is 34.4 Å². The Balaban J connectivity index is 1.69. The van der Waals surface area contributed by atoms with E-state index in [0.717, 1.165) is 22.5 Å². The molecule has 0 fully saturated rings. The standard InChI is InChI=1S/C19H23N5O2S/c1-12-6-5-7-13(2)17(12)22-18(25)15-11-20-19(27-15)21-16-10-14(3)24(23-16)8-9-26-4/h5-7,10-11H,8-9H2,1-4H3,(H,22,25)(H,20,21,23). The van der Waals surface area contributed by atoms with E-state index >= 15 is 0 Å². The number of anilines is 3. The van der Waals surface area contributed by atoms with Gasteiger partial charge in [0.2, 0.25) is 0 Å². The van der Waals surface area contributed by atoms with Crippen LogP contribution in [-0.2, 0) is 11.3 Å². The summed E-state index contributed by atoms with van der Waals surface area (Å²) in [6.07, 6.45) is 1.57. The van der Waals surface area contributed by atoms with Crippen molar-refractivity contribution in [2.75, 3.05) is 24.4 Å². The third-order valence-corrected chi connectivity index (χ3v) is 5.08. The van der Waals surface area contributed by atoms with Crippen molar-refractivity contribution >= 4 is 33.9 Å². The molecule has 27 heavy (non-hydrogen) atoms. The number of aromatic nitrogens is 3. The number of nitrogens with zero attached hydrogens (tertiary/aromatic N) is 3. The zero-order valence-electron chi connectivity index (χ0n) is 15.9. The lowest BCUT2D eigenvalue weighted by Gasteiger charge is -2.10. The zero-order chi connectivity index (χ0) is 19.4. The molecule has 1 aromatic carbocycles. The molecular weight excluding hydrogens is 362 g/mol. The molecule has 3 rings (SSSR count). The normalized spacial score (nSPS) is 10.8. The van der Waals surface area contributed by atoms with E-state index in [1.54, 1.807) is 13.3 Å². The van der Waals surface area contributed by atoms with E-state index in [1.165, 1.54) is 11.3 Å². The number of carbonyl (C=O) groups is 1. The topological polar surface area (TPSA) is 81.1 Å². The molecule has 2 N–H and O–H groups in total. The molecular formula is C19H23N5O2S. The van der Waals surface area contributed by atoms with Gasteiger partial charge in [-0.2, -0.15) is 5.10 Å². The molecule has 0 aliphatic carbocycles. The summed E-state index contributed by atoms with van der Waals surface area (Å²) in [5, 5.41) is 11.2. The molecule has 0 spiro atoms. The molecule has 2 heterocycles. The van der Waals surface area contributed by atoms with E-state index in [0.29, 0.717) is 29.0 Å². The van der Waals surface area contributed by atoms with Crippen molar-refractivity contribution < 1.29 is 9.53 Å². The summed E-state index contributed by atoms with van der Waals surface area (Å²) < 4.78 is 6.96. The number of ether oxygens (including phenoxy) is 1. The lowest BCUT2D eigenvalue weighted by atomic mass is 10.1. The number of aryl methyl sites for hydroxylation is 3. The van der Waals surface area contributed by atoms with Gasteiger partial charge in [0, 0.05) is 24.6 Å². The number of rotatable bonds is 7. The van der Waals surface area contributed by atoms with Gasteiger partial charge >= 0.3 is 0 Å². The number of amides is 1. The van der Waals surface area contributed by atoms with Crippen molar-refractivity contribution in [2.24, 2.45) is 0 Å². The van der Waals surface area contributed by atoms with Crippen molar-refractivity contribution in [2.45, 2.75) is 27.3 Å². The predicted octanol–water partition coefficient (Wildman–Crippen LogP) is 3.91. The SMILES string of the molecule is COCCn1nc(Nc2ncc(C(=O)Nc3c(C)cccc3C)s2)cc1C. The van der Waals surface area contributed by atoms with Crippen LogP contribution >= 0.6 is 11.3 Å². The third kappa shape index (κ3) is 4.53. The van der Waals surface area contributed by atoms with Crippen LogP contribution < -0.4 is 10.6 Å². The van der Waals surface area contributed by atoms with Gasteiger partial charge in [-0.15, -0.1) is 0 Å². The van der Waals surface area contributed by atoms with Crippen LogP contribution in [0.1, 0.15) is 26.5 Å². The van der Waals surface area contributed by atoms with Crippen molar-refractivity contribution in [1.82, 2.24) is 14.8 Å². The lowest BCUT2D eigenvalue weighted by Crippen LogP contribution is -2.12. The van der Waals surface area contributed by atoms with Crippen molar-refractivity contribution in [3.05, 3.63) is 52.2 Å². The van der Waals surface area contributed by atoms with Gasteiger partial charge in [0.25, 0.3) is 5.91 Å². The molecule has 0 unspecified atom stereocenters. The fourth-order valence-corrected chi connectivity index (χ4v) is 3.43. The fraction of sp³-hybridized carbons (Fsp3) is 0.316. The zero-order valence-corrected chi connectivity index (χ0v) is 16.7. The molecule has 8 heteroatoms. The van der Waals surface area contributed by atoms with Gasteiger partial charge in [-0.05, 0) is 31.9 Å². The monoisotopic (exact) mass is 385 g/mol. The van der Waals surface area contributed by atoms with Crippen molar-refractivity contribution in [3.63, 3.8) is 0 Å². The van der Waals surface area contributed by atoms with E-state index in [9.17, 15) is 4.79 Å². The summed E-state index contributed by atoms with van der Waals surface area (Å²) >= 11 is 1.29. The highest BCUT2D eigenvalue weighted by atomic mass is 32.1. The first-order valence-electron chi connectivity index (χ1n) is 8.61. The van der Waals surface area contributed by atoms with Gasteiger partial charge in [-0.1, -0.05) is 29.5 Å². The first kappa shape index (κ1) is 19.1. The summed E-state index contributed by atoms with van der Waals surface area (Å²) in [6, 6.07) is 7.87. The van der Waals surface area contributed by atoms with Gasteiger partial charge in [-0.3, -0.25) is 9.48 Å². The van der Waals surface area contributed by atoms with E-state index in [4.69, 9.17) is 4.74 Å². The number of para-hydroxylation sites is 1. The number of thiazole rings is 1. The molecule has 3 aromatic rings. The molecule has 142 valence electrons. The number of hydrogen-bond acceptors (Lipinski definition) is 6. The summed E-state index contributed by atoms with van der Waals surface area (Å²) in [5.41, 5.74) is 3.93. The Kier molecular flexibility index (Phi) is 5.88. The number of carbonyl (C=O) groups excluding carboxylic acids is 1. The maximum atomic E-state index is 12.6. The fourth-order valence-electron chi connectivity index (χ4n) is 2.71. The lowest BCUT2D eigenvalue weighted by molar-refractivity contribution is 0.103. The number of methoxy groups -OCH3 is 1. The minimum Gasteiger partial charge on any atom is -0.383 e.